The molecule has 0 nitrogen and oxygen atoms in total. The van der Waals surface area contributed by atoms with Gasteiger partial charge in [0.2, 0.25) is 0 Å². The van der Waals surface area contributed by atoms with Gasteiger partial charge in [-0.1, -0.05) is 113 Å². The van der Waals surface area contributed by atoms with Crippen molar-refractivity contribution < 1.29 is 48.1 Å². The van der Waals surface area contributed by atoms with E-state index in [4.69, 9.17) is 0 Å². The van der Waals surface area contributed by atoms with Crippen molar-refractivity contribution in [3.05, 3.63) is 131 Å². The first kappa shape index (κ1) is 44.9. The van der Waals surface area contributed by atoms with Crippen LogP contribution in [0.2, 0.25) is 13.1 Å². The number of rotatable bonds is 8. The van der Waals surface area contributed by atoms with E-state index in [0.717, 1.165) is 24.2 Å². The van der Waals surface area contributed by atoms with Crippen LogP contribution in [0.3, 0.4) is 0 Å². The van der Waals surface area contributed by atoms with Crippen LogP contribution in [-0.2, 0) is 35.2 Å². The number of hydrogen-bond donors (Lipinski definition) is 0. The first-order valence-electron chi connectivity index (χ1n) is 21.2. The molecule has 1 atom stereocenters. The van der Waals surface area contributed by atoms with E-state index < -0.39 is 0 Å². The molecule has 0 radical (unpaired) electrons. The van der Waals surface area contributed by atoms with Gasteiger partial charge in [0.1, 0.15) is 0 Å². The molecule has 0 heterocycles. The van der Waals surface area contributed by atoms with E-state index in [2.05, 4.69) is 157 Å². The summed E-state index contributed by atoms with van der Waals surface area (Å²) in [5.41, 5.74) is 12.1. The number of fused-ring (bicyclic) bond motifs is 2. The van der Waals surface area contributed by atoms with Crippen LogP contribution in [0.25, 0.3) is 43.8 Å². The number of aryl methyl sites for hydroxylation is 1. The Hall–Kier alpha value is -2.22. The quantitative estimate of drug-likeness (QED) is 0.106. The summed E-state index contributed by atoms with van der Waals surface area (Å²) in [5.74, 6) is 4.27. The Balaban J connectivity index is 0.000000192. The maximum atomic E-state index is 2.48. The molecule has 0 N–H and O–H groups in total. The molecule has 6 aromatic carbocycles. The maximum Gasteiger partial charge on any atom is -1.00 e. The molecule has 4 aliphatic rings. The summed E-state index contributed by atoms with van der Waals surface area (Å²) in [6.07, 6.45) is 12.5. The fourth-order valence-corrected chi connectivity index (χ4v) is 10.7. The molecule has 0 aromatic heterocycles. The average molecular weight is 877 g/mol. The van der Waals surface area contributed by atoms with E-state index in [-0.39, 0.29) is 30.2 Å². The zero-order chi connectivity index (χ0) is 38.0. The Morgan fingerprint density at radius 1 is 0.679 bits per heavy atom. The molecule has 4 bridgehead atoms. The van der Waals surface area contributed by atoms with Gasteiger partial charge in [-0.3, -0.25) is 0 Å². The van der Waals surface area contributed by atoms with Gasteiger partial charge in [0.15, 0.2) is 0 Å². The summed E-state index contributed by atoms with van der Waals surface area (Å²) < 4.78 is 0. The molecule has 0 amide bonds. The van der Waals surface area contributed by atoms with E-state index in [9.17, 15) is 0 Å². The molecule has 0 aliphatic heterocycles. The van der Waals surface area contributed by atoms with Gasteiger partial charge in [0, 0.05) is 0 Å². The standard InChI is InChI=1S/C27H29.C23H27.C2H6Si.2ClH.Zr/c1-2-18-13-23-4-3-5-25(26(23)14-18)22-6-8-24(9-7-22)27-15-19-10-20(16-27)12-21(11-19)17-27;1-5-7-17(4)21-14-20-8-6-9-22(23(20)15-21)19-12-10-18(11-13-19)16(2)3;1-3-2;;;/h3-9,13-14,19-21H,2,10-12,15-17H2,1H3;6,8-17H,5,7H2,1-4H3;1-2H3;2*1H;/q2*-1;;;;+2/p-2. The van der Waals surface area contributed by atoms with E-state index >= 15 is 0 Å². The van der Waals surface area contributed by atoms with Crippen molar-refractivity contribution in [3.63, 3.8) is 0 Å². The van der Waals surface area contributed by atoms with Gasteiger partial charge in [0.05, 0.1) is 0 Å². The second kappa shape index (κ2) is 19.7. The Kier molecular flexibility index (Phi) is 15.8. The van der Waals surface area contributed by atoms with Crippen molar-refractivity contribution in [3.8, 4) is 22.3 Å². The summed E-state index contributed by atoms with van der Waals surface area (Å²) in [4.78, 5) is 0. The Morgan fingerprint density at radius 2 is 1.16 bits per heavy atom. The minimum absolute atomic E-state index is 0. The van der Waals surface area contributed by atoms with Crippen molar-refractivity contribution in [2.45, 2.75) is 123 Å². The summed E-state index contributed by atoms with van der Waals surface area (Å²) in [7, 11) is 0. The van der Waals surface area contributed by atoms with Crippen molar-refractivity contribution in [2.75, 3.05) is 0 Å². The van der Waals surface area contributed by atoms with Crippen molar-refractivity contribution >= 4 is 27.0 Å². The van der Waals surface area contributed by atoms with E-state index in [0.29, 0.717) is 17.3 Å². The van der Waals surface area contributed by atoms with Crippen LogP contribution in [-0.4, -0.2) is 5.43 Å². The summed E-state index contributed by atoms with van der Waals surface area (Å²) in [5, 5.41) is 5.56. The summed E-state index contributed by atoms with van der Waals surface area (Å²) >= 11 is 1.74. The number of benzene rings is 4. The molecular weight excluding hydrogens is 815 g/mol. The topological polar surface area (TPSA) is 0 Å². The number of halogens is 2. The first-order valence-corrected chi connectivity index (χ1v) is 27.3. The maximum absolute atomic E-state index is 2.48. The van der Waals surface area contributed by atoms with Gasteiger partial charge in [-0.25, -0.2) is 0 Å². The van der Waals surface area contributed by atoms with E-state index in [1.54, 1.807) is 28.9 Å². The third-order valence-electron chi connectivity index (χ3n) is 13.0. The summed E-state index contributed by atoms with van der Waals surface area (Å²) in [6.45, 7) is 16.0. The molecule has 4 heteroatoms. The Bertz CT molecular complexity index is 2150. The average Bonchev–Trinajstić information content (AvgIpc) is 3.80. The largest absolute Gasteiger partial charge is 1.00 e. The molecule has 56 heavy (non-hydrogen) atoms. The first-order chi connectivity index (χ1) is 26.1. The van der Waals surface area contributed by atoms with Crippen LogP contribution >= 0.6 is 0 Å². The second-order valence-electron chi connectivity index (χ2n) is 17.9. The van der Waals surface area contributed by atoms with Crippen molar-refractivity contribution in [1.82, 2.24) is 0 Å². The fourth-order valence-electron chi connectivity index (χ4n) is 10.7. The fraction of sp³-hybridized carbons (Fsp3) is 0.423. The molecule has 4 fully saturated rings. The molecular formula is C52H62Cl2SiZr-2. The SMILES string of the molecule is CCCC(C)c1cc2c(-c3ccc(C(C)C)cc3)cccc2[cH-]1.CCc1cc2c(-c3ccc(C45CC6CC(CC(C6)C4)C5)cc3)cccc2[cH-]1.C[Si](C)=[Zr+2].[Cl-].[Cl-]. The monoisotopic (exact) mass is 874 g/mol. The zero-order valence-electron chi connectivity index (χ0n) is 34.9. The van der Waals surface area contributed by atoms with Crippen LogP contribution in [0.4, 0.5) is 0 Å². The minimum atomic E-state index is 0. The molecule has 4 aliphatic carbocycles. The molecule has 1 unspecified atom stereocenters. The third kappa shape index (κ3) is 9.96. The van der Waals surface area contributed by atoms with E-state index in [1.165, 1.54) is 112 Å². The predicted octanol–water partition coefficient (Wildman–Crippen LogP) is 9.30. The van der Waals surface area contributed by atoms with Gasteiger partial charge in [0.25, 0.3) is 0 Å². The van der Waals surface area contributed by atoms with Gasteiger partial charge in [-0.2, -0.15) is 12.1 Å². The molecule has 0 saturated heterocycles. The smallest absolute Gasteiger partial charge is 1.00 e. The molecule has 0 spiro atoms. The number of hydrogen-bond acceptors (Lipinski definition) is 0. The van der Waals surface area contributed by atoms with Crippen LogP contribution in [0.5, 0.6) is 0 Å². The molecule has 6 aromatic rings. The van der Waals surface area contributed by atoms with Gasteiger partial charge < -0.3 is 24.8 Å². The van der Waals surface area contributed by atoms with Gasteiger partial charge in [-0.15, -0.1) is 69.1 Å². The van der Waals surface area contributed by atoms with E-state index in [1.807, 2.05) is 0 Å². The second-order valence-corrected chi connectivity index (χ2v) is 27.2. The Morgan fingerprint density at radius 3 is 1.64 bits per heavy atom. The minimum Gasteiger partial charge on any atom is -1.00 e. The van der Waals surface area contributed by atoms with Crippen molar-refractivity contribution in [2.24, 2.45) is 17.8 Å². The van der Waals surface area contributed by atoms with Crippen LogP contribution < -0.4 is 24.8 Å². The summed E-state index contributed by atoms with van der Waals surface area (Å²) in [6, 6.07) is 41.8. The molecule has 10 rings (SSSR count). The van der Waals surface area contributed by atoms with Crippen LogP contribution in [0, 0.1) is 17.8 Å². The van der Waals surface area contributed by atoms with Crippen LogP contribution in [0.15, 0.2) is 109 Å². The molecule has 294 valence electrons. The van der Waals surface area contributed by atoms with Gasteiger partial charge in [-0.05, 0) is 109 Å². The zero-order valence-corrected chi connectivity index (χ0v) is 39.9. The van der Waals surface area contributed by atoms with Crippen molar-refractivity contribution in [1.29, 1.82) is 0 Å². The normalized spacial score (nSPS) is 21.1. The third-order valence-corrected chi connectivity index (χ3v) is 13.0. The Labute approximate surface area is 366 Å². The molecule has 4 saturated carbocycles. The predicted molar refractivity (Wildman–Crippen MR) is 234 cm³/mol. The van der Waals surface area contributed by atoms with Crippen LogP contribution in [0.1, 0.15) is 120 Å². The van der Waals surface area contributed by atoms with Gasteiger partial charge >= 0.3 is 41.9 Å².